The fraction of sp³-hybridized carbons (Fsp3) is 0.800. The average Bonchev–Trinajstić information content (AvgIpc) is 2.72. The summed E-state index contributed by atoms with van der Waals surface area (Å²) in [5.74, 6) is 2.52. The van der Waals surface area contributed by atoms with Gasteiger partial charge in [0.2, 0.25) is 5.89 Å². The number of hydrogen-bond donors (Lipinski definition) is 1. The summed E-state index contributed by atoms with van der Waals surface area (Å²) in [4.78, 5) is 6.46. The molecule has 0 spiro atoms. The first kappa shape index (κ1) is 10.6. The molecule has 1 fully saturated rings. The highest BCUT2D eigenvalue weighted by Gasteiger charge is 2.29. The van der Waals surface area contributed by atoms with Gasteiger partial charge in [0.15, 0.2) is 5.82 Å². The summed E-state index contributed by atoms with van der Waals surface area (Å²) in [6, 6.07) is 0. The normalized spacial score (nSPS) is 26.4. The maximum absolute atomic E-state index is 5.29. The van der Waals surface area contributed by atoms with Crippen LogP contribution in [-0.4, -0.2) is 42.2 Å². The van der Waals surface area contributed by atoms with Crippen molar-refractivity contribution in [3.05, 3.63) is 11.7 Å². The highest BCUT2D eigenvalue weighted by Crippen LogP contribution is 2.26. The molecule has 1 aromatic rings. The van der Waals surface area contributed by atoms with E-state index in [4.69, 9.17) is 4.52 Å². The lowest BCUT2D eigenvalue weighted by molar-refractivity contribution is 0.327. The van der Waals surface area contributed by atoms with Crippen molar-refractivity contribution >= 4 is 0 Å². The zero-order valence-corrected chi connectivity index (χ0v) is 9.53. The van der Waals surface area contributed by atoms with Gasteiger partial charge in [-0.25, -0.2) is 0 Å². The van der Waals surface area contributed by atoms with E-state index in [1.54, 1.807) is 0 Å². The van der Waals surface area contributed by atoms with Gasteiger partial charge in [-0.1, -0.05) is 12.1 Å². The Balaban J connectivity index is 2.06. The van der Waals surface area contributed by atoms with E-state index in [0.29, 0.717) is 11.8 Å². The van der Waals surface area contributed by atoms with Gasteiger partial charge < -0.3 is 14.7 Å². The predicted molar refractivity (Wildman–Crippen MR) is 56.5 cm³/mol. The van der Waals surface area contributed by atoms with Crippen molar-refractivity contribution in [2.24, 2.45) is 5.92 Å². The molecule has 5 heteroatoms. The third kappa shape index (κ3) is 2.35. The highest BCUT2D eigenvalue weighted by atomic mass is 16.5. The van der Waals surface area contributed by atoms with E-state index in [0.717, 1.165) is 31.3 Å². The van der Waals surface area contributed by atoms with E-state index >= 15 is 0 Å². The minimum Gasteiger partial charge on any atom is -0.339 e. The fourth-order valence-electron chi connectivity index (χ4n) is 1.91. The van der Waals surface area contributed by atoms with Crippen LogP contribution < -0.4 is 5.32 Å². The highest BCUT2D eigenvalue weighted by molar-refractivity contribution is 5.00. The number of nitrogens with one attached hydrogen (secondary N) is 1. The van der Waals surface area contributed by atoms with Gasteiger partial charge in [-0.15, -0.1) is 0 Å². The zero-order valence-electron chi connectivity index (χ0n) is 9.53. The molecule has 1 saturated heterocycles. The molecule has 0 aromatic carbocycles. The van der Waals surface area contributed by atoms with Crippen LogP contribution in [0.3, 0.4) is 0 Å². The van der Waals surface area contributed by atoms with Crippen LogP contribution in [0.1, 0.15) is 24.6 Å². The third-order valence-electron chi connectivity index (χ3n) is 2.78. The molecule has 0 saturated carbocycles. The van der Waals surface area contributed by atoms with Crippen molar-refractivity contribution < 1.29 is 4.52 Å². The van der Waals surface area contributed by atoms with E-state index < -0.39 is 0 Å². The Kier molecular flexibility index (Phi) is 3.02. The number of nitrogens with zero attached hydrogens (tertiary/aromatic N) is 3. The second-order valence-electron chi connectivity index (χ2n) is 4.53. The third-order valence-corrected chi connectivity index (χ3v) is 2.78. The van der Waals surface area contributed by atoms with E-state index in [9.17, 15) is 0 Å². The summed E-state index contributed by atoms with van der Waals surface area (Å²) in [5.41, 5.74) is 0. The number of hydrogen-bond acceptors (Lipinski definition) is 5. The van der Waals surface area contributed by atoms with Crippen LogP contribution in [0.15, 0.2) is 4.52 Å². The molecule has 2 rings (SSSR count). The molecule has 1 N–H and O–H groups in total. The summed E-state index contributed by atoms with van der Waals surface area (Å²) >= 11 is 0. The zero-order chi connectivity index (χ0) is 10.8. The van der Waals surface area contributed by atoms with E-state index in [1.807, 2.05) is 19.0 Å². The smallest absolute Gasteiger partial charge is 0.231 e. The molecule has 15 heavy (non-hydrogen) atoms. The molecule has 0 radical (unpaired) electrons. The molecule has 5 nitrogen and oxygen atoms in total. The summed E-state index contributed by atoms with van der Waals surface area (Å²) in [6.07, 6.45) is 0. The van der Waals surface area contributed by atoms with Gasteiger partial charge in [0.1, 0.15) is 0 Å². The molecule has 1 aliphatic heterocycles. The molecule has 1 aliphatic rings. The van der Waals surface area contributed by atoms with Gasteiger partial charge in [0.05, 0.1) is 12.5 Å². The van der Waals surface area contributed by atoms with Crippen molar-refractivity contribution in [3.63, 3.8) is 0 Å². The average molecular weight is 210 g/mol. The second-order valence-corrected chi connectivity index (χ2v) is 4.53. The van der Waals surface area contributed by atoms with Crippen molar-refractivity contribution in [1.29, 1.82) is 0 Å². The van der Waals surface area contributed by atoms with Crippen LogP contribution in [-0.2, 0) is 6.54 Å². The molecule has 2 atom stereocenters. The Morgan fingerprint density at radius 2 is 2.27 bits per heavy atom. The van der Waals surface area contributed by atoms with Gasteiger partial charge in [-0.2, -0.15) is 4.98 Å². The molecule has 0 amide bonds. The van der Waals surface area contributed by atoms with Crippen LogP contribution in [0.4, 0.5) is 0 Å². The molecular weight excluding hydrogens is 192 g/mol. The van der Waals surface area contributed by atoms with Crippen LogP contribution in [0.2, 0.25) is 0 Å². The van der Waals surface area contributed by atoms with Gasteiger partial charge in [-0.05, 0) is 26.6 Å². The topological polar surface area (TPSA) is 54.2 Å². The van der Waals surface area contributed by atoms with Crippen LogP contribution in [0, 0.1) is 5.92 Å². The van der Waals surface area contributed by atoms with Gasteiger partial charge in [0.25, 0.3) is 0 Å². The van der Waals surface area contributed by atoms with Crippen LogP contribution in [0.25, 0.3) is 0 Å². The summed E-state index contributed by atoms with van der Waals surface area (Å²) in [6.45, 7) is 4.93. The number of aromatic nitrogens is 2. The van der Waals surface area contributed by atoms with E-state index in [2.05, 4.69) is 22.4 Å². The molecule has 2 heterocycles. The first-order chi connectivity index (χ1) is 7.16. The Morgan fingerprint density at radius 3 is 2.87 bits per heavy atom. The minimum absolute atomic E-state index is 0.383. The molecule has 0 aliphatic carbocycles. The van der Waals surface area contributed by atoms with Crippen molar-refractivity contribution in [2.45, 2.75) is 19.4 Å². The largest absolute Gasteiger partial charge is 0.339 e. The minimum atomic E-state index is 0.383. The van der Waals surface area contributed by atoms with Gasteiger partial charge in [0, 0.05) is 6.54 Å². The molecule has 2 unspecified atom stereocenters. The predicted octanol–water partition coefficient (Wildman–Crippen LogP) is 0.454. The van der Waals surface area contributed by atoms with Crippen molar-refractivity contribution in [2.75, 3.05) is 27.2 Å². The van der Waals surface area contributed by atoms with E-state index in [1.165, 1.54) is 0 Å². The molecule has 1 aromatic heterocycles. The lowest BCUT2D eigenvalue weighted by Crippen LogP contribution is -2.12. The quantitative estimate of drug-likeness (QED) is 0.785. The SMILES string of the molecule is CC1CNCC1c1nc(CN(C)C)no1. The first-order valence-electron chi connectivity index (χ1n) is 5.34. The summed E-state index contributed by atoms with van der Waals surface area (Å²) in [7, 11) is 3.99. The van der Waals surface area contributed by atoms with Crippen LogP contribution in [0.5, 0.6) is 0 Å². The Bertz CT molecular complexity index is 323. The van der Waals surface area contributed by atoms with Crippen LogP contribution >= 0.6 is 0 Å². The first-order valence-corrected chi connectivity index (χ1v) is 5.34. The molecular formula is C10H18N4O. The lowest BCUT2D eigenvalue weighted by Gasteiger charge is -2.07. The second kappa shape index (κ2) is 4.28. The van der Waals surface area contributed by atoms with Gasteiger partial charge in [-0.3, -0.25) is 0 Å². The Hall–Kier alpha value is -0.940. The van der Waals surface area contributed by atoms with Gasteiger partial charge >= 0.3 is 0 Å². The van der Waals surface area contributed by atoms with Crippen molar-refractivity contribution in [1.82, 2.24) is 20.4 Å². The molecule has 0 bridgehead atoms. The molecule has 84 valence electrons. The number of rotatable bonds is 3. The van der Waals surface area contributed by atoms with Crippen molar-refractivity contribution in [3.8, 4) is 0 Å². The standard InChI is InChI=1S/C10H18N4O/c1-7-4-11-5-8(7)10-12-9(13-15-10)6-14(2)3/h7-8,11H,4-6H2,1-3H3. The Morgan fingerprint density at radius 1 is 1.47 bits per heavy atom. The fourth-order valence-corrected chi connectivity index (χ4v) is 1.91. The maximum atomic E-state index is 5.29. The Labute approximate surface area is 89.8 Å². The summed E-state index contributed by atoms with van der Waals surface area (Å²) < 4.78 is 5.29. The monoisotopic (exact) mass is 210 g/mol. The maximum Gasteiger partial charge on any atom is 0.231 e. The lowest BCUT2D eigenvalue weighted by atomic mass is 9.98. The van der Waals surface area contributed by atoms with E-state index in [-0.39, 0.29) is 0 Å². The summed E-state index contributed by atoms with van der Waals surface area (Å²) in [5, 5.41) is 7.31.